The molecule has 32 heavy (non-hydrogen) atoms. The van der Waals surface area contributed by atoms with Crippen LogP contribution in [0.2, 0.25) is 0 Å². The number of halogens is 1. The Morgan fingerprint density at radius 2 is 2.09 bits per heavy atom. The molecule has 1 aromatic carbocycles. The third kappa shape index (κ3) is 3.96. The highest BCUT2D eigenvalue weighted by Gasteiger charge is 2.22. The van der Waals surface area contributed by atoms with Crippen LogP contribution < -0.4 is 15.4 Å². The smallest absolute Gasteiger partial charge is 0.210 e. The summed E-state index contributed by atoms with van der Waals surface area (Å²) < 4.78 is 27.0. The van der Waals surface area contributed by atoms with Crippen LogP contribution >= 0.6 is 0 Å². The summed E-state index contributed by atoms with van der Waals surface area (Å²) in [6.07, 6.45) is 4.81. The van der Waals surface area contributed by atoms with Crippen LogP contribution in [-0.4, -0.2) is 76.3 Å². The molecule has 1 fully saturated rings. The fraction of sp³-hybridized carbons (Fsp3) is 0.429. The highest BCUT2D eigenvalue weighted by atomic mass is 19.1. The number of carbonyl (C=O) groups excluding carboxylic acids is 1. The van der Waals surface area contributed by atoms with Gasteiger partial charge in [-0.15, -0.1) is 10.2 Å². The largest absolute Gasteiger partial charge is 0.493 e. The SMILES string of the molecule is O=CC(CNc1cnc(NCc2c(F)ccc3c2CCO3)n2cnnc12)N1CCOCC1. The fourth-order valence-electron chi connectivity index (χ4n) is 4.14. The molecule has 3 aromatic rings. The number of benzene rings is 1. The summed E-state index contributed by atoms with van der Waals surface area (Å²) in [4.78, 5) is 18.2. The maximum atomic E-state index is 14.4. The van der Waals surface area contributed by atoms with Crippen LogP contribution in [0.1, 0.15) is 11.1 Å². The Labute approximate surface area is 183 Å². The van der Waals surface area contributed by atoms with Crippen molar-refractivity contribution in [3.05, 3.63) is 41.6 Å². The molecule has 0 saturated carbocycles. The van der Waals surface area contributed by atoms with Gasteiger partial charge >= 0.3 is 0 Å². The Morgan fingerprint density at radius 1 is 1.22 bits per heavy atom. The first-order valence-corrected chi connectivity index (χ1v) is 10.6. The van der Waals surface area contributed by atoms with Crippen molar-refractivity contribution < 1.29 is 18.7 Å². The zero-order chi connectivity index (χ0) is 21.9. The zero-order valence-electron chi connectivity index (χ0n) is 17.5. The van der Waals surface area contributed by atoms with Crippen LogP contribution in [0.5, 0.6) is 5.75 Å². The molecule has 0 spiro atoms. The number of aromatic nitrogens is 4. The Hall–Kier alpha value is -3.31. The molecule has 11 heteroatoms. The molecule has 0 bridgehead atoms. The van der Waals surface area contributed by atoms with Crippen LogP contribution in [0.4, 0.5) is 16.0 Å². The van der Waals surface area contributed by atoms with Gasteiger partial charge in [0.15, 0.2) is 5.65 Å². The summed E-state index contributed by atoms with van der Waals surface area (Å²) in [6, 6.07) is 2.82. The van der Waals surface area contributed by atoms with Crippen molar-refractivity contribution in [2.75, 3.05) is 50.1 Å². The summed E-state index contributed by atoms with van der Waals surface area (Å²) in [5.41, 5.74) is 2.69. The monoisotopic (exact) mass is 441 g/mol. The van der Waals surface area contributed by atoms with E-state index in [9.17, 15) is 9.18 Å². The molecule has 168 valence electrons. The molecular weight excluding hydrogens is 417 g/mol. The van der Waals surface area contributed by atoms with E-state index >= 15 is 0 Å². The fourth-order valence-corrected chi connectivity index (χ4v) is 4.14. The highest BCUT2D eigenvalue weighted by Crippen LogP contribution is 2.30. The average molecular weight is 441 g/mol. The van der Waals surface area contributed by atoms with Gasteiger partial charge in [0.2, 0.25) is 5.95 Å². The molecule has 0 aliphatic carbocycles. The second-order valence-corrected chi connectivity index (χ2v) is 7.71. The van der Waals surface area contributed by atoms with Gasteiger partial charge in [-0.2, -0.15) is 0 Å². The van der Waals surface area contributed by atoms with Gasteiger partial charge < -0.3 is 24.9 Å². The first-order valence-electron chi connectivity index (χ1n) is 10.6. The van der Waals surface area contributed by atoms with Crippen LogP contribution in [0.15, 0.2) is 24.7 Å². The lowest BCUT2D eigenvalue weighted by Gasteiger charge is -2.31. The molecule has 1 atom stereocenters. The number of fused-ring (bicyclic) bond motifs is 2. The lowest BCUT2D eigenvalue weighted by Crippen LogP contribution is -2.47. The van der Waals surface area contributed by atoms with E-state index in [-0.39, 0.29) is 18.4 Å². The van der Waals surface area contributed by atoms with Crippen LogP contribution in [0.25, 0.3) is 5.65 Å². The van der Waals surface area contributed by atoms with E-state index in [1.54, 1.807) is 23.0 Å². The third-order valence-corrected chi connectivity index (χ3v) is 5.87. The molecule has 1 unspecified atom stereocenters. The van der Waals surface area contributed by atoms with Crippen molar-refractivity contribution in [3.63, 3.8) is 0 Å². The van der Waals surface area contributed by atoms with Gasteiger partial charge in [0.1, 0.15) is 24.2 Å². The molecule has 1 saturated heterocycles. The maximum Gasteiger partial charge on any atom is 0.210 e. The minimum Gasteiger partial charge on any atom is -0.493 e. The summed E-state index contributed by atoms with van der Waals surface area (Å²) >= 11 is 0. The van der Waals surface area contributed by atoms with Gasteiger partial charge in [0.25, 0.3) is 0 Å². The summed E-state index contributed by atoms with van der Waals surface area (Å²) in [5, 5.41) is 14.6. The molecule has 10 nitrogen and oxygen atoms in total. The Kier molecular flexibility index (Phi) is 5.82. The first kappa shape index (κ1) is 20.6. The van der Waals surface area contributed by atoms with Gasteiger partial charge in [-0.25, -0.2) is 13.8 Å². The Balaban J connectivity index is 1.31. The number of nitrogens with one attached hydrogen (secondary N) is 2. The summed E-state index contributed by atoms with van der Waals surface area (Å²) in [6.45, 7) is 3.93. The predicted molar refractivity (Wildman–Crippen MR) is 114 cm³/mol. The number of hydrogen-bond donors (Lipinski definition) is 2. The number of morpholine rings is 1. The van der Waals surface area contributed by atoms with Crippen molar-refractivity contribution in [1.82, 2.24) is 24.5 Å². The molecule has 0 amide bonds. The number of anilines is 2. The number of ether oxygens (including phenoxy) is 2. The van der Waals surface area contributed by atoms with E-state index < -0.39 is 0 Å². The van der Waals surface area contributed by atoms with Crippen LogP contribution in [0, 0.1) is 5.82 Å². The summed E-state index contributed by atoms with van der Waals surface area (Å²) in [5.74, 6) is 0.949. The molecule has 5 rings (SSSR count). The topological polar surface area (TPSA) is 106 Å². The molecule has 2 aromatic heterocycles. The van der Waals surface area contributed by atoms with Crippen molar-refractivity contribution in [3.8, 4) is 5.75 Å². The number of aldehydes is 1. The standard InChI is InChI=1S/C21H24FN7O3/c22-17-1-2-19-15(3-6-32-19)16(17)10-24-21-25-11-18(20-27-26-13-29(20)21)23-9-14(12-30)28-4-7-31-8-5-28/h1-2,11-14,23H,3-10H2,(H,24,25). The second kappa shape index (κ2) is 9.05. The van der Waals surface area contributed by atoms with Crippen molar-refractivity contribution in [2.45, 2.75) is 19.0 Å². The number of rotatable bonds is 8. The highest BCUT2D eigenvalue weighted by molar-refractivity contribution is 5.69. The Morgan fingerprint density at radius 3 is 2.94 bits per heavy atom. The van der Waals surface area contributed by atoms with Crippen LogP contribution in [0.3, 0.4) is 0 Å². The quantitative estimate of drug-likeness (QED) is 0.498. The lowest BCUT2D eigenvalue weighted by atomic mass is 10.0. The minimum atomic E-state index is -0.275. The molecule has 0 radical (unpaired) electrons. The molecule has 2 aliphatic heterocycles. The molecule has 2 aliphatic rings. The zero-order valence-corrected chi connectivity index (χ0v) is 17.5. The normalized spacial score (nSPS) is 17.0. The van der Waals surface area contributed by atoms with E-state index in [4.69, 9.17) is 9.47 Å². The van der Waals surface area contributed by atoms with E-state index in [2.05, 4.69) is 30.7 Å². The van der Waals surface area contributed by atoms with E-state index in [0.717, 1.165) is 30.7 Å². The van der Waals surface area contributed by atoms with Gasteiger partial charge in [0, 0.05) is 43.7 Å². The lowest BCUT2D eigenvalue weighted by molar-refractivity contribution is -0.113. The van der Waals surface area contributed by atoms with Crippen molar-refractivity contribution in [1.29, 1.82) is 0 Å². The average Bonchev–Trinajstić information content (AvgIpc) is 3.50. The van der Waals surface area contributed by atoms with Crippen molar-refractivity contribution in [2.24, 2.45) is 0 Å². The number of carbonyl (C=O) groups is 1. The number of nitrogens with zero attached hydrogens (tertiary/aromatic N) is 5. The maximum absolute atomic E-state index is 14.4. The summed E-state index contributed by atoms with van der Waals surface area (Å²) in [7, 11) is 0. The van der Waals surface area contributed by atoms with E-state index in [1.165, 1.54) is 6.07 Å². The molecular formula is C21H24FN7O3. The van der Waals surface area contributed by atoms with Crippen molar-refractivity contribution >= 4 is 23.6 Å². The van der Waals surface area contributed by atoms with Gasteiger partial charge in [-0.05, 0) is 12.1 Å². The first-order chi connectivity index (χ1) is 15.7. The van der Waals surface area contributed by atoms with E-state index in [0.29, 0.717) is 55.6 Å². The van der Waals surface area contributed by atoms with Crippen LogP contribution in [-0.2, 0) is 22.5 Å². The van der Waals surface area contributed by atoms with Gasteiger partial charge in [-0.1, -0.05) is 0 Å². The van der Waals surface area contributed by atoms with Gasteiger partial charge in [0.05, 0.1) is 37.7 Å². The molecule has 4 heterocycles. The second-order valence-electron chi connectivity index (χ2n) is 7.71. The molecule has 2 N–H and O–H groups in total. The Bertz CT molecular complexity index is 1120. The minimum absolute atomic E-state index is 0.260. The third-order valence-electron chi connectivity index (χ3n) is 5.87. The number of hydrogen-bond acceptors (Lipinski definition) is 9. The van der Waals surface area contributed by atoms with E-state index in [1.807, 2.05) is 0 Å². The van der Waals surface area contributed by atoms with Gasteiger partial charge in [-0.3, -0.25) is 4.90 Å². The predicted octanol–water partition coefficient (Wildman–Crippen LogP) is 1.12.